The van der Waals surface area contributed by atoms with Gasteiger partial charge in [0.1, 0.15) is 18.1 Å². The molecule has 1 heterocycles. The fraction of sp³-hybridized carbons (Fsp3) is 0.400. The van der Waals surface area contributed by atoms with Gasteiger partial charge >= 0.3 is 5.97 Å². The molecular weight excluding hydrogens is 438 g/mol. The molecule has 3 aromatic rings. The van der Waals surface area contributed by atoms with Crippen LogP contribution in [0.2, 0.25) is 0 Å². The smallest absolute Gasteiger partial charge is 0.303 e. The molecule has 0 amide bonds. The summed E-state index contributed by atoms with van der Waals surface area (Å²) in [5, 5.41) is 9.34. The maximum atomic E-state index is 11.4. The largest absolute Gasteiger partial charge is 0.497 e. The fourth-order valence-corrected chi connectivity index (χ4v) is 4.58. The minimum Gasteiger partial charge on any atom is -0.497 e. The van der Waals surface area contributed by atoms with Gasteiger partial charge in [-0.1, -0.05) is 44.5 Å². The van der Waals surface area contributed by atoms with Crippen LogP contribution in [-0.4, -0.2) is 23.2 Å². The molecule has 35 heavy (non-hydrogen) atoms. The van der Waals surface area contributed by atoms with Crippen molar-refractivity contribution in [1.82, 2.24) is 4.98 Å². The molecule has 2 aromatic carbocycles. The standard InChI is InChI=1S/C30H35NO4/c1-4-20(2)14-25-16-27(18-31-30(25)23-10-12-26(34-3)13-11-23)35-19-21-6-5-7-24(15-21)28(17-29(32)33)22-8-9-22/h5-7,10-13,15-16,18,20,22,28H,4,8-9,14,17,19H2,1-3H3,(H,32,33). The molecule has 0 spiro atoms. The summed E-state index contributed by atoms with van der Waals surface area (Å²) in [6.07, 6.45) is 6.23. The maximum Gasteiger partial charge on any atom is 0.303 e. The molecule has 5 nitrogen and oxygen atoms in total. The second kappa shape index (κ2) is 11.4. The second-order valence-corrected chi connectivity index (χ2v) is 9.70. The first-order chi connectivity index (χ1) is 17.0. The van der Waals surface area contributed by atoms with E-state index in [-0.39, 0.29) is 12.3 Å². The van der Waals surface area contributed by atoms with Crippen molar-refractivity contribution in [2.24, 2.45) is 11.8 Å². The third-order valence-corrected chi connectivity index (χ3v) is 6.94. The molecule has 2 unspecified atom stereocenters. The zero-order valence-electron chi connectivity index (χ0n) is 20.9. The van der Waals surface area contributed by atoms with Gasteiger partial charge in [0.2, 0.25) is 0 Å². The van der Waals surface area contributed by atoms with Crippen molar-refractivity contribution in [3.05, 3.63) is 77.5 Å². The SMILES string of the molecule is CCC(C)Cc1cc(OCc2cccc(C(CC(=O)O)C3CC3)c2)cnc1-c1ccc(OC)cc1. The number of ether oxygens (including phenoxy) is 2. The number of pyridine rings is 1. The van der Waals surface area contributed by atoms with E-state index in [2.05, 4.69) is 26.0 Å². The number of aromatic nitrogens is 1. The highest BCUT2D eigenvalue weighted by molar-refractivity contribution is 5.68. The van der Waals surface area contributed by atoms with Crippen LogP contribution < -0.4 is 9.47 Å². The molecule has 1 saturated carbocycles. The summed E-state index contributed by atoms with van der Waals surface area (Å²) in [5.74, 6) is 1.94. The summed E-state index contributed by atoms with van der Waals surface area (Å²) >= 11 is 0. The highest BCUT2D eigenvalue weighted by Gasteiger charge is 2.33. The highest BCUT2D eigenvalue weighted by Crippen LogP contribution is 2.44. The first kappa shape index (κ1) is 24.8. The van der Waals surface area contributed by atoms with Crippen molar-refractivity contribution in [1.29, 1.82) is 0 Å². The number of hydrogen-bond acceptors (Lipinski definition) is 4. The van der Waals surface area contributed by atoms with Gasteiger partial charge in [0, 0.05) is 5.56 Å². The van der Waals surface area contributed by atoms with Gasteiger partial charge < -0.3 is 14.6 Å². The normalized spacial score (nSPS) is 14.8. The Morgan fingerprint density at radius 1 is 1.11 bits per heavy atom. The van der Waals surface area contributed by atoms with E-state index in [1.807, 2.05) is 42.5 Å². The number of hydrogen-bond donors (Lipinski definition) is 1. The Kier molecular flexibility index (Phi) is 8.06. The van der Waals surface area contributed by atoms with E-state index in [9.17, 15) is 9.90 Å². The molecule has 1 aliphatic carbocycles. The van der Waals surface area contributed by atoms with Gasteiger partial charge in [-0.2, -0.15) is 0 Å². The van der Waals surface area contributed by atoms with Gasteiger partial charge in [0.05, 0.1) is 25.4 Å². The van der Waals surface area contributed by atoms with Crippen molar-refractivity contribution in [3.63, 3.8) is 0 Å². The monoisotopic (exact) mass is 473 g/mol. The van der Waals surface area contributed by atoms with Crippen LogP contribution in [0.15, 0.2) is 60.8 Å². The first-order valence-corrected chi connectivity index (χ1v) is 12.5. The Morgan fingerprint density at radius 3 is 2.54 bits per heavy atom. The lowest BCUT2D eigenvalue weighted by atomic mass is 9.90. The van der Waals surface area contributed by atoms with Gasteiger partial charge in [0.25, 0.3) is 0 Å². The predicted octanol–water partition coefficient (Wildman–Crippen LogP) is 6.89. The van der Waals surface area contributed by atoms with E-state index >= 15 is 0 Å². The molecule has 1 aromatic heterocycles. The van der Waals surface area contributed by atoms with E-state index in [0.717, 1.165) is 59.6 Å². The van der Waals surface area contributed by atoms with Crippen LogP contribution in [0.5, 0.6) is 11.5 Å². The second-order valence-electron chi connectivity index (χ2n) is 9.70. The van der Waals surface area contributed by atoms with Gasteiger partial charge in [-0.3, -0.25) is 9.78 Å². The van der Waals surface area contributed by atoms with Crippen LogP contribution in [0.3, 0.4) is 0 Å². The zero-order valence-corrected chi connectivity index (χ0v) is 20.9. The van der Waals surface area contributed by atoms with E-state index < -0.39 is 5.97 Å². The Balaban J connectivity index is 1.52. The summed E-state index contributed by atoms with van der Waals surface area (Å²) in [6.45, 7) is 4.88. The zero-order chi connectivity index (χ0) is 24.8. The summed E-state index contributed by atoms with van der Waals surface area (Å²) in [6, 6.07) is 18.3. The quantitative estimate of drug-likeness (QED) is 0.310. The van der Waals surface area contributed by atoms with Gasteiger partial charge in [-0.25, -0.2) is 0 Å². The third-order valence-electron chi connectivity index (χ3n) is 6.94. The Morgan fingerprint density at radius 2 is 1.89 bits per heavy atom. The number of methoxy groups -OCH3 is 1. The molecule has 0 aliphatic heterocycles. The maximum absolute atomic E-state index is 11.4. The molecule has 1 fully saturated rings. The fourth-order valence-electron chi connectivity index (χ4n) is 4.58. The molecule has 5 heteroatoms. The highest BCUT2D eigenvalue weighted by atomic mass is 16.5. The van der Waals surface area contributed by atoms with Crippen molar-refractivity contribution in [2.45, 2.75) is 58.5 Å². The number of benzene rings is 2. The van der Waals surface area contributed by atoms with Crippen molar-refractivity contribution in [2.75, 3.05) is 7.11 Å². The number of aliphatic carboxylic acids is 1. The lowest BCUT2D eigenvalue weighted by Gasteiger charge is -2.17. The molecule has 0 radical (unpaired) electrons. The first-order valence-electron chi connectivity index (χ1n) is 12.5. The van der Waals surface area contributed by atoms with Crippen LogP contribution in [-0.2, 0) is 17.8 Å². The molecule has 1 aliphatic rings. The van der Waals surface area contributed by atoms with E-state index in [1.54, 1.807) is 13.3 Å². The van der Waals surface area contributed by atoms with Crippen LogP contribution in [0.1, 0.15) is 62.1 Å². The van der Waals surface area contributed by atoms with E-state index in [0.29, 0.717) is 18.4 Å². The predicted molar refractivity (Wildman–Crippen MR) is 138 cm³/mol. The number of carboxylic acid groups (broad SMARTS) is 1. The van der Waals surface area contributed by atoms with Crippen molar-refractivity contribution in [3.8, 4) is 22.8 Å². The lowest BCUT2D eigenvalue weighted by molar-refractivity contribution is -0.137. The summed E-state index contributed by atoms with van der Waals surface area (Å²) < 4.78 is 11.5. The Labute approximate surface area is 208 Å². The molecular formula is C30H35NO4. The lowest BCUT2D eigenvalue weighted by Crippen LogP contribution is -2.09. The summed E-state index contributed by atoms with van der Waals surface area (Å²) in [5.41, 5.74) is 5.35. The number of carbonyl (C=O) groups is 1. The average molecular weight is 474 g/mol. The van der Waals surface area contributed by atoms with Crippen LogP contribution >= 0.6 is 0 Å². The van der Waals surface area contributed by atoms with Crippen LogP contribution in [0.4, 0.5) is 0 Å². The Hall–Kier alpha value is -3.34. The molecule has 2 atom stereocenters. The topological polar surface area (TPSA) is 68.7 Å². The minimum absolute atomic E-state index is 0.0834. The van der Waals surface area contributed by atoms with Crippen molar-refractivity contribution >= 4 is 5.97 Å². The van der Waals surface area contributed by atoms with Gasteiger partial charge in [-0.15, -0.1) is 0 Å². The van der Waals surface area contributed by atoms with E-state index in [1.165, 1.54) is 5.56 Å². The van der Waals surface area contributed by atoms with Crippen molar-refractivity contribution < 1.29 is 19.4 Å². The Bertz CT molecular complexity index is 1140. The number of rotatable bonds is 12. The van der Waals surface area contributed by atoms with Crippen LogP contribution in [0, 0.1) is 11.8 Å². The molecule has 184 valence electrons. The van der Waals surface area contributed by atoms with Gasteiger partial charge in [-0.05, 0) is 84.0 Å². The number of carboxylic acids is 1. The average Bonchev–Trinajstić information content (AvgIpc) is 3.72. The van der Waals surface area contributed by atoms with Crippen LogP contribution in [0.25, 0.3) is 11.3 Å². The molecule has 0 saturated heterocycles. The van der Waals surface area contributed by atoms with E-state index in [4.69, 9.17) is 14.5 Å². The summed E-state index contributed by atoms with van der Waals surface area (Å²) in [7, 11) is 1.67. The third kappa shape index (κ3) is 6.62. The molecule has 4 rings (SSSR count). The minimum atomic E-state index is -0.736. The molecule has 1 N–H and O–H groups in total. The summed E-state index contributed by atoms with van der Waals surface area (Å²) in [4.78, 5) is 16.1. The molecule has 0 bridgehead atoms. The number of nitrogens with zero attached hydrogens (tertiary/aromatic N) is 1. The van der Waals surface area contributed by atoms with Gasteiger partial charge in [0.15, 0.2) is 0 Å².